The molecule has 0 saturated carbocycles. The molecular formula is C16H22N2O4. The second-order valence-corrected chi connectivity index (χ2v) is 5.81. The average Bonchev–Trinajstić information content (AvgIpc) is 2.82. The van der Waals surface area contributed by atoms with Crippen LogP contribution in [0.3, 0.4) is 0 Å². The summed E-state index contributed by atoms with van der Waals surface area (Å²) in [5, 5.41) is 8.97. The van der Waals surface area contributed by atoms with Crippen LogP contribution in [-0.2, 0) is 16.1 Å². The van der Waals surface area contributed by atoms with Gasteiger partial charge >= 0.3 is 5.97 Å². The summed E-state index contributed by atoms with van der Waals surface area (Å²) in [7, 11) is 3.98. The van der Waals surface area contributed by atoms with Crippen LogP contribution < -0.4 is 4.74 Å². The number of amides is 1. The predicted octanol–water partition coefficient (Wildman–Crippen LogP) is 1.06. The number of carbonyl (C=O) groups is 2. The topological polar surface area (TPSA) is 70.1 Å². The Morgan fingerprint density at radius 1 is 1.36 bits per heavy atom. The first-order valence-corrected chi connectivity index (χ1v) is 7.33. The van der Waals surface area contributed by atoms with Gasteiger partial charge in [0.2, 0.25) is 5.91 Å². The Hall–Kier alpha value is -2.08. The number of likely N-dealkylation sites (N-methyl/N-ethyl adjacent to an activating group) is 1. The van der Waals surface area contributed by atoms with Gasteiger partial charge in [0.1, 0.15) is 12.4 Å². The summed E-state index contributed by atoms with van der Waals surface area (Å²) < 4.78 is 5.61. The zero-order chi connectivity index (χ0) is 16.1. The Kier molecular flexibility index (Phi) is 5.38. The molecule has 1 aliphatic rings. The Morgan fingerprint density at radius 3 is 2.59 bits per heavy atom. The molecule has 0 radical (unpaired) electrons. The molecule has 1 fully saturated rings. The number of ether oxygens (including phenoxy) is 1. The SMILES string of the molecule is CN(C)CCOc1ccc(CN2CC(C(=O)O)CC2=O)cc1. The molecule has 1 amide bonds. The zero-order valence-electron chi connectivity index (χ0n) is 13.0. The third kappa shape index (κ3) is 4.46. The van der Waals surface area contributed by atoms with Crippen LogP contribution in [0.4, 0.5) is 0 Å². The van der Waals surface area contributed by atoms with Crippen molar-refractivity contribution in [2.45, 2.75) is 13.0 Å². The van der Waals surface area contributed by atoms with Crippen molar-refractivity contribution < 1.29 is 19.4 Å². The number of carboxylic acids is 1. The fourth-order valence-electron chi connectivity index (χ4n) is 2.35. The van der Waals surface area contributed by atoms with Crippen LogP contribution in [0.15, 0.2) is 24.3 Å². The normalized spacial score (nSPS) is 18.0. The van der Waals surface area contributed by atoms with Gasteiger partial charge in [0.25, 0.3) is 0 Å². The lowest BCUT2D eigenvalue weighted by molar-refractivity contribution is -0.141. The molecule has 0 aliphatic carbocycles. The summed E-state index contributed by atoms with van der Waals surface area (Å²) in [6.45, 7) is 2.20. The van der Waals surface area contributed by atoms with Crippen LogP contribution in [0.1, 0.15) is 12.0 Å². The molecule has 1 saturated heterocycles. The number of carbonyl (C=O) groups excluding carboxylic acids is 1. The fraction of sp³-hybridized carbons (Fsp3) is 0.500. The van der Waals surface area contributed by atoms with Gasteiger partial charge in [0.05, 0.1) is 5.92 Å². The Bertz CT molecular complexity index is 527. The monoisotopic (exact) mass is 306 g/mol. The molecule has 1 N–H and O–H groups in total. The number of benzene rings is 1. The Balaban J connectivity index is 1.86. The summed E-state index contributed by atoms with van der Waals surface area (Å²) in [4.78, 5) is 26.4. The second-order valence-electron chi connectivity index (χ2n) is 5.81. The summed E-state index contributed by atoms with van der Waals surface area (Å²) in [5.74, 6) is -0.790. The van der Waals surface area contributed by atoms with Gasteiger partial charge in [-0.15, -0.1) is 0 Å². The third-order valence-corrected chi connectivity index (χ3v) is 3.67. The maximum absolute atomic E-state index is 11.8. The molecule has 1 aromatic rings. The van der Waals surface area contributed by atoms with Crippen molar-refractivity contribution >= 4 is 11.9 Å². The van der Waals surface area contributed by atoms with Gasteiger partial charge in [-0.2, -0.15) is 0 Å². The Morgan fingerprint density at radius 2 is 2.05 bits per heavy atom. The minimum Gasteiger partial charge on any atom is -0.492 e. The fourth-order valence-corrected chi connectivity index (χ4v) is 2.35. The van der Waals surface area contributed by atoms with Gasteiger partial charge in [-0.05, 0) is 31.8 Å². The number of carboxylic acid groups (broad SMARTS) is 1. The highest BCUT2D eigenvalue weighted by Crippen LogP contribution is 2.21. The number of hydrogen-bond acceptors (Lipinski definition) is 4. The molecule has 120 valence electrons. The molecule has 1 unspecified atom stereocenters. The van der Waals surface area contributed by atoms with E-state index in [0.29, 0.717) is 13.2 Å². The van der Waals surface area contributed by atoms with Crippen LogP contribution in [0.2, 0.25) is 0 Å². The maximum atomic E-state index is 11.8. The van der Waals surface area contributed by atoms with E-state index in [-0.39, 0.29) is 18.9 Å². The summed E-state index contributed by atoms with van der Waals surface area (Å²) in [6, 6.07) is 7.57. The van der Waals surface area contributed by atoms with E-state index in [4.69, 9.17) is 9.84 Å². The van der Waals surface area contributed by atoms with Gasteiger partial charge in [-0.3, -0.25) is 9.59 Å². The Labute approximate surface area is 130 Å². The highest BCUT2D eigenvalue weighted by molar-refractivity contribution is 5.86. The summed E-state index contributed by atoms with van der Waals surface area (Å²) in [5.41, 5.74) is 0.972. The van der Waals surface area contributed by atoms with Crippen LogP contribution in [0, 0.1) is 5.92 Å². The largest absolute Gasteiger partial charge is 0.492 e. The van der Waals surface area contributed by atoms with Gasteiger partial charge < -0.3 is 19.6 Å². The van der Waals surface area contributed by atoms with E-state index in [1.165, 1.54) is 0 Å². The quantitative estimate of drug-likeness (QED) is 0.816. The molecular weight excluding hydrogens is 284 g/mol. The number of hydrogen-bond donors (Lipinski definition) is 1. The van der Waals surface area contributed by atoms with E-state index in [9.17, 15) is 9.59 Å². The first-order chi connectivity index (χ1) is 10.5. The molecule has 0 spiro atoms. The minimum absolute atomic E-state index is 0.0983. The van der Waals surface area contributed by atoms with Crippen molar-refractivity contribution in [2.24, 2.45) is 5.92 Å². The van der Waals surface area contributed by atoms with E-state index < -0.39 is 11.9 Å². The summed E-state index contributed by atoms with van der Waals surface area (Å²) >= 11 is 0. The van der Waals surface area contributed by atoms with E-state index >= 15 is 0 Å². The lowest BCUT2D eigenvalue weighted by atomic mass is 10.1. The minimum atomic E-state index is -0.902. The molecule has 1 aromatic carbocycles. The molecule has 2 rings (SSSR count). The standard InChI is InChI=1S/C16H22N2O4/c1-17(2)7-8-22-14-5-3-12(4-6-14)10-18-11-13(16(20)21)9-15(18)19/h3-6,13H,7-11H2,1-2H3,(H,20,21). The molecule has 0 bridgehead atoms. The van der Waals surface area contributed by atoms with Crippen molar-refractivity contribution in [1.82, 2.24) is 9.80 Å². The van der Waals surface area contributed by atoms with Gasteiger partial charge in [0.15, 0.2) is 0 Å². The molecule has 1 heterocycles. The van der Waals surface area contributed by atoms with Crippen LogP contribution in [0.25, 0.3) is 0 Å². The van der Waals surface area contributed by atoms with Crippen molar-refractivity contribution in [2.75, 3.05) is 33.8 Å². The molecule has 0 aromatic heterocycles. The van der Waals surface area contributed by atoms with E-state index in [1.807, 2.05) is 43.3 Å². The van der Waals surface area contributed by atoms with Crippen molar-refractivity contribution in [3.63, 3.8) is 0 Å². The first-order valence-electron chi connectivity index (χ1n) is 7.33. The second kappa shape index (κ2) is 7.26. The molecule has 22 heavy (non-hydrogen) atoms. The van der Waals surface area contributed by atoms with E-state index in [1.54, 1.807) is 4.90 Å². The smallest absolute Gasteiger partial charge is 0.308 e. The number of aliphatic carboxylic acids is 1. The van der Waals surface area contributed by atoms with Crippen molar-refractivity contribution in [3.05, 3.63) is 29.8 Å². The average molecular weight is 306 g/mol. The highest BCUT2D eigenvalue weighted by Gasteiger charge is 2.33. The highest BCUT2D eigenvalue weighted by atomic mass is 16.5. The van der Waals surface area contributed by atoms with Crippen molar-refractivity contribution in [1.29, 1.82) is 0 Å². The lowest BCUT2D eigenvalue weighted by Crippen LogP contribution is -2.25. The molecule has 6 heteroatoms. The van der Waals surface area contributed by atoms with E-state index in [2.05, 4.69) is 0 Å². The number of nitrogens with zero attached hydrogens (tertiary/aromatic N) is 2. The number of rotatable bonds is 7. The zero-order valence-corrected chi connectivity index (χ0v) is 13.0. The van der Waals surface area contributed by atoms with Gasteiger partial charge in [-0.1, -0.05) is 12.1 Å². The summed E-state index contributed by atoms with van der Waals surface area (Å²) in [6.07, 6.45) is 0.0983. The van der Waals surface area contributed by atoms with E-state index in [0.717, 1.165) is 17.9 Å². The molecule has 1 atom stereocenters. The lowest BCUT2D eigenvalue weighted by Gasteiger charge is -2.16. The third-order valence-electron chi connectivity index (χ3n) is 3.67. The molecule has 1 aliphatic heterocycles. The number of likely N-dealkylation sites (tertiary alicyclic amines) is 1. The van der Waals surface area contributed by atoms with Crippen molar-refractivity contribution in [3.8, 4) is 5.75 Å². The predicted molar refractivity (Wildman–Crippen MR) is 81.7 cm³/mol. The maximum Gasteiger partial charge on any atom is 0.308 e. The van der Waals surface area contributed by atoms with Gasteiger partial charge in [0, 0.05) is 26.1 Å². The van der Waals surface area contributed by atoms with Gasteiger partial charge in [-0.25, -0.2) is 0 Å². The van der Waals surface area contributed by atoms with Crippen LogP contribution in [-0.4, -0.2) is 60.6 Å². The van der Waals surface area contributed by atoms with Crippen LogP contribution in [0.5, 0.6) is 5.75 Å². The van der Waals surface area contributed by atoms with Crippen LogP contribution >= 0.6 is 0 Å². The first kappa shape index (κ1) is 16.3. The molecule has 6 nitrogen and oxygen atoms in total.